The largest absolute Gasteiger partial charge is 0.508 e. The third-order valence-corrected chi connectivity index (χ3v) is 3.70. The summed E-state index contributed by atoms with van der Waals surface area (Å²) >= 11 is 0. The van der Waals surface area contributed by atoms with Crippen LogP contribution >= 0.6 is 0 Å². The molecule has 2 nitrogen and oxygen atoms in total. The van der Waals surface area contributed by atoms with E-state index in [0.717, 1.165) is 5.56 Å². The second-order valence-corrected chi connectivity index (χ2v) is 4.72. The third kappa shape index (κ3) is 2.38. The standard InChI is InChI=1S/C14H21NO/c1-15-14(11-7-3-2-4-8-11)12-9-5-6-10-13(12)16/h5-6,9-11,14-16H,2-4,7-8H2,1H3. The van der Waals surface area contributed by atoms with Crippen LogP contribution in [0.25, 0.3) is 0 Å². The van der Waals surface area contributed by atoms with Gasteiger partial charge in [0.2, 0.25) is 0 Å². The maximum Gasteiger partial charge on any atom is 0.120 e. The van der Waals surface area contributed by atoms with Gasteiger partial charge in [-0.05, 0) is 31.9 Å². The minimum absolute atomic E-state index is 0.307. The molecule has 0 aliphatic heterocycles. The van der Waals surface area contributed by atoms with Crippen LogP contribution in [0.2, 0.25) is 0 Å². The number of para-hydroxylation sites is 1. The van der Waals surface area contributed by atoms with Crippen LogP contribution in [0.15, 0.2) is 24.3 Å². The molecule has 0 amide bonds. The van der Waals surface area contributed by atoms with Crippen LogP contribution in [0.1, 0.15) is 43.7 Å². The van der Waals surface area contributed by atoms with Gasteiger partial charge >= 0.3 is 0 Å². The summed E-state index contributed by atoms with van der Waals surface area (Å²) < 4.78 is 0. The average molecular weight is 219 g/mol. The van der Waals surface area contributed by atoms with Crippen molar-refractivity contribution in [3.63, 3.8) is 0 Å². The van der Waals surface area contributed by atoms with E-state index in [1.165, 1.54) is 32.1 Å². The molecule has 1 atom stereocenters. The fourth-order valence-corrected chi connectivity index (χ4v) is 2.86. The monoisotopic (exact) mass is 219 g/mol. The van der Waals surface area contributed by atoms with Gasteiger partial charge in [0.05, 0.1) is 0 Å². The van der Waals surface area contributed by atoms with E-state index in [1.54, 1.807) is 6.07 Å². The molecule has 0 spiro atoms. The first-order valence-corrected chi connectivity index (χ1v) is 6.28. The van der Waals surface area contributed by atoms with Crippen molar-refractivity contribution >= 4 is 0 Å². The molecule has 1 unspecified atom stereocenters. The Bertz CT molecular complexity index is 331. The minimum Gasteiger partial charge on any atom is -0.508 e. The molecule has 0 saturated heterocycles. The van der Waals surface area contributed by atoms with E-state index in [9.17, 15) is 5.11 Å². The normalized spacial score (nSPS) is 19.6. The SMILES string of the molecule is CNC(c1ccccc1O)C1CCCCC1. The fraction of sp³-hybridized carbons (Fsp3) is 0.571. The minimum atomic E-state index is 0.307. The van der Waals surface area contributed by atoms with Gasteiger partial charge in [0.1, 0.15) is 5.75 Å². The lowest BCUT2D eigenvalue weighted by Crippen LogP contribution is -2.26. The Kier molecular flexibility index (Phi) is 3.83. The highest BCUT2D eigenvalue weighted by molar-refractivity contribution is 5.35. The first-order chi connectivity index (χ1) is 7.83. The number of hydrogen-bond acceptors (Lipinski definition) is 2. The Morgan fingerprint density at radius 2 is 1.88 bits per heavy atom. The zero-order valence-electron chi connectivity index (χ0n) is 9.95. The van der Waals surface area contributed by atoms with Gasteiger partial charge in [0, 0.05) is 11.6 Å². The molecule has 1 aliphatic carbocycles. The second-order valence-electron chi connectivity index (χ2n) is 4.72. The molecule has 2 rings (SSSR count). The number of hydrogen-bond donors (Lipinski definition) is 2. The van der Waals surface area contributed by atoms with Crippen molar-refractivity contribution in [1.29, 1.82) is 0 Å². The number of phenolic OH excluding ortho intramolecular Hbond substituents is 1. The molecule has 0 aromatic heterocycles. The summed E-state index contributed by atoms with van der Waals surface area (Å²) in [7, 11) is 1.99. The van der Waals surface area contributed by atoms with Gasteiger partial charge in [0.15, 0.2) is 0 Å². The van der Waals surface area contributed by atoms with E-state index >= 15 is 0 Å². The molecule has 16 heavy (non-hydrogen) atoms. The van der Waals surface area contributed by atoms with E-state index in [-0.39, 0.29) is 0 Å². The van der Waals surface area contributed by atoms with Crippen molar-refractivity contribution in [2.24, 2.45) is 5.92 Å². The predicted molar refractivity (Wildman–Crippen MR) is 66.5 cm³/mol. The summed E-state index contributed by atoms with van der Waals surface area (Å²) in [6.07, 6.45) is 6.58. The number of phenols is 1. The highest BCUT2D eigenvalue weighted by Crippen LogP contribution is 2.37. The van der Waals surface area contributed by atoms with Crippen molar-refractivity contribution in [3.8, 4) is 5.75 Å². The average Bonchev–Trinajstić information content (AvgIpc) is 2.34. The molecule has 2 heteroatoms. The number of benzene rings is 1. The van der Waals surface area contributed by atoms with E-state index in [0.29, 0.717) is 17.7 Å². The van der Waals surface area contributed by atoms with Crippen LogP contribution in [0, 0.1) is 5.92 Å². The molecule has 1 fully saturated rings. The number of rotatable bonds is 3. The Morgan fingerprint density at radius 1 is 1.19 bits per heavy atom. The van der Waals surface area contributed by atoms with Crippen LogP contribution in [-0.4, -0.2) is 12.2 Å². The Balaban J connectivity index is 2.18. The van der Waals surface area contributed by atoms with Crippen molar-refractivity contribution in [3.05, 3.63) is 29.8 Å². The Hall–Kier alpha value is -1.02. The first-order valence-electron chi connectivity index (χ1n) is 6.28. The molecule has 1 saturated carbocycles. The van der Waals surface area contributed by atoms with Crippen LogP contribution in [-0.2, 0) is 0 Å². The van der Waals surface area contributed by atoms with Crippen molar-refractivity contribution < 1.29 is 5.11 Å². The van der Waals surface area contributed by atoms with E-state index in [4.69, 9.17) is 0 Å². The molecule has 0 heterocycles. The summed E-state index contributed by atoms with van der Waals surface area (Å²) in [4.78, 5) is 0. The number of nitrogens with one attached hydrogen (secondary N) is 1. The van der Waals surface area contributed by atoms with Crippen LogP contribution < -0.4 is 5.32 Å². The molecular formula is C14H21NO. The zero-order chi connectivity index (χ0) is 11.4. The first kappa shape index (κ1) is 11.5. The molecule has 0 bridgehead atoms. The van der Waals surface area contributed by atoms with Gasteiger partial charge in [-0.2, -0.15) is 0 Å². The molecule has 0 radical (unpaired) electrons. The topological polar surface area (TPSA) is 32.3 Å². The van der Waals surface area contributed by atoms with Crippen molar-refractivity contribution in [1.82, 2.24) is 5.32 Å². The maximum atomic E-state index is 9.90. The van der Waals surface area contributed by atoms with Crippen LogP contribution in [0.3, 0.4) is 0 Å². The molecular weight excluding hydrogens is 198 g/mol. The third-order valence-electron chi connectivity index (χ3n) is 3.70. The van der Waals surface area contributed by atoms with E-state index in [2.05, 4.69) is 5.32 Å². The van der Waals surface area contributed by atoms with E-state index < -0.39 is 0 Å². The number of aromatic hydroxyl groups is 1. The van der Waals surface area contributed by atoms with Gasteiger partial charge in [-0.3, -0.25) is 0 Å². The lowest BCUT2D eigenvalue weighted by molar-refractivity contribution is 0.276. The summed E-state index contributed by atoms with van der Waals surface area (Å²) in [6, 6.07) is 8.00. The molecule has 1 aromatic carbocycles. The van der Waals surface area contributed by atoms with Crippen LogP contribution in [0.5, 0.6) is 5.75 Å². The quantitative estimate of drug-likeness (QED) is 0.818. The molecule has 1 aromatic rings. The smallest absolute Gasteiger partial charge is 0.120 e. The highest BCUT2D eigenvalue weighted by atomic mass is 16.3. The summed E-state index contributed by atoms with van der Waals surface area (Å²) in [5.74, 6) is 1.10. The van der Waals surface area contributed by atoms with Gasteiger partial charge in [-0.1, -0.05) is 37.5 Å². The predicted octanol–water partition coefficient (Wildman–Crippen LogP) is 3.23. The highest BCUT2D eigenvalue weighted by Gasteiger charge is 2.25. The summed E-state index contributed by atoms with van der Waals surface area (Å²) in [6.45, 7) is 0. The van der Waals surface area contributed by atoms with Crippen LogP contribution in [0.4, 0.5) is 0 Å². The Labute approximate surface area is 97.7 Å². The lowest BCUT2D eigenvalue weighted by atomic mass is 9.81. The lowest BCUT2D eigenvalue weighted by Gasteiger charge is -2.30. The maximum absolute atomic E-state index is 9.90. The van der Waals surface area contributed by atoms with Gasteiger partial charge < -0.3 is 10.4 Å². The van der Waals surface area contributed by atoms with Gasteiger partial charge in [-0.15, -0.1) is 0 Å². The van der Waals surface area contributed by atoms with Crippen molar-refractivity contribution in [2.75, 3.05) is 7.05 Å². The fourth-order valence-electron chi connectivity index (χ4n) is 2.86. The zero-order valence-corrected chi connectivity index (χ0v) is 9.95. The van der Waals surface area contributed by atoms with E-state index in [1.807, 2.05) is 25.2 Å². The molecule has 2 N–H and O–H groups in total. The summed E-state index contributed by atoms with van der Waals surface area (Å²) in [5, 5.41) is 13.3. The second kappa shape index (κ2) is 5.35. The van der Waals surface area contributed by atoms with Gasteiger partial charge in [-0.25, -0.2) is 0 Å². The summed E-state index contributed by atoms with van der Waals surface area (Å²) in [5.41, 5.74) is 1.05. The van der Waals surface area contributed by atoms with Gasteiger partial charge in [0.25, 0.3) is 0 Å². The van der Waals surface area contributed by atoms with Crippen molar-refractivity contribution in [2.45, 2.75) is 38.1 Å². The molecule has 1 aliphatic rings. The Morgan fingerprint density at radius 3 is 2.50 bits per heavy atom. The molecule has 88 valence electrons.